The van der Waals surface area contributed by atoms with E-state index in [9.17, 15) is 9.59 Å². The van der Waals surface area contributed by atoms with E-state index in [4.69, 9.17) is 14.2 Å². The number of benzene rings is 1. The van der Waals surface area contributed by atoms with E-state index in [2.05, 4.69) is 4.90 Å². The maximum Gasteiger partial charge on any atom is 0.421 e. The molecule has 0 amide bonds. The molecular formula is C20H28N2O5. The molecule has 0 unspecified atom stereocenters. The monoisotopic (exact) mass is 376 g/mol. The Morgan fingerprint density at radius 1 is 1.15 bits per heavy atom. The molecule has 7 heteroatoms. The Kier molecular flexibility index (Phi) is 6.49. The fraction of sp³-hybridized carbons (Fsp3) is 0.500. The van der Waals surface area contributed by atoms with Crippen molar-refractivity contribution in [3.05, 3.63) is 30.0 Å². The third kappa shape index (κ3) is 5.23. The van der Waals surface area contributed by atoms with Crippen LogP contribution in [-0.2, 0) is 20.7 Å². The molecule has 1 aromatic heterocycles. The first kappa shape index (κ1) is 20.8. The van der Waals surface area contributed by atoms with E-state index in [1.165, 1.54) is 4.57 Å². The summed E-state index contributed by atoms with van der Waals surface area (Å²) in [6.07, 6.45) is 1.95. The van der Waals surface area contributed by atoms with Crippen LogP contribution in [0.3, 0.4) is 0 Å². The number of hydrogen-bond acceptors (Lipinski definition) is 6. The Labute approximate surface area is 159 Å². The average molecular weight is 376 g/mol. The Morgan fingerprint density at radius 3 is 2.44 bits per heavy atom. The van der Waals surface area contributed by atoms with Crippen LogP contribution in [0.1, 0.15) is 26.3 Å². The minimum atomic E-state index is -0.654. The van der Waals surface area contributed by atoms with Crippen LogP contribution < -0.4 is 4.74 Å². The molecule has 148 valence electrons. The van der Waals surface area contributed by atoms with Gasteiger partial charge in [-0.05, 0) is 59.0 Å². The summed E-state index contributed by atoms with van der Waals surface area (Å²) in [5.74, 6) is 0.217. The van der Waals surface area contributed by atoms with Crippen molar-refractivity contribution in [2.75, 3.05) is 34.5 Å². The Hall–Kier alpha value is -2.54. The number of aromatic nitrogens is 1. The second kappa shape index (κ2) is 8.43. The van der Waals surface area contributed by atoms with Crippen molar-refractivity contribution in [1.29, 1.82) is 0 Å². The number of hydrogen-bond donors (Lipinski definition) is 0. The zero-order valence-electron chi connectivity index (χ0n) is 16.9. The van der Waals surface area contributed by atoms with Gasteiger partial charge in [0.05, 0.1) is 18.0 Å². The van der Waals surface area contributed by atoms with Gasteiger partial charge >= 0.3 is 12.1 Å². The number of carbonyl (C=O) groups excluding carboxylic acids is 2. The van der Waals surface area contributed by atoms with Gasteiger partial charge in [0.1, 0.15) is 5.75 Å². The molecule has 0 bridgehead atoms. The molecule has 0 aliphatic carbocycles. The molecule has 1 heterocycles. The molecule has 0 saturated heterocycles. The van der Waals surface area contributed by atoms with Gasteiger partial charge in [-0.25, -0.2) is 4.79 Å². The predicted octanol–water partition coefficient (Wildman–Crippen LogP) is 3.29. The molecule has 27 heavy (non-hydrogen) atoms. The fourth-order valence-corrected chi connectivity index (χ4v) is 2.52. The van der Waals surface area contributed by atoms with E-state index in [0.29, 0.717) is 11.3 Å². The average Bonchev–Trinajstić information content (AvgIpc) is 2.96. The molecule has 0 saturated carbocycles. The van der Waals surface area contributed by atoms with Crippen molar-refractivity contribution in [2.45, 2.75) is 27.2 Å². The number of fused-ring (bicyclic) bond motifs is 1. The summed E-state index contributed by atoms with van der Waals surface area (Å²) in [4.78, 5) is 26.4. The van der Waals surface area contributed by atoms with Gasteiger partial charge < -0.3 is 19.1 Å². The summed E-state index contributed by atoms with van der Waals surface area (Å²) >= 11 is 0. The molecule has 0 N–H and O–H groups in total. The van der Waals surface area contributed by atoms with Crippen LogP contribution in [0, 0.1) is 5.41 Å². The minimum Gasteiger partial charge on any atom is -0.497 e. The minimum absolute atomic E-state index is 0.425. The molecule has 0 spiro atoms. The smallest absolute Gasteiger partial charge is 0.421 e. The number of carbonyl (C=O) groups is 2. The van der Waals surface area contributed by atoms with Crippen molar-refractivity contribution < 1.29 is 23.8 Å². The lowest BCUT2D eigenvalue weighted by molar-refractivity contribution is -0.161. The molecule has 7 nitrogen and oxygen atoms in total. The first-order valence-corrected chi connectivity index (χ1v) is 8.80. The van der Waals surface area contributed by atoms with E-state index in [1.54, 1.807) is 40.1 Å². The predicted molar refractivity (Wildman–Crippen MR) is 103 cm³/mol. The maximum atomic E-state index is 12.5. The molecule has 0 fully saturated rings. The Bertz CT molecular complexity index is 818. The van der Waals surface area contributed by atoms with Crippen LogP contribution in [0.2, 0.25) is 0 Å². The summed E-state index contributed by atoms with van der Waals surface area (Å²) in [5, 5.41) is 0.960. The highest BCUT2D eigenvalue weighted by Gasteiger charge is 2.23. The van der Waals surface area contributed by atoms with Crippen LogP contribution in [0.5, 0.6) is 5.75 Å². The van der Waals surface area contributed by atoms with Crippen molar-refractivity contribution in [3.63, 3.8) is 0 Å². The second-order valence-electron chi connectivity index (χ2n) is 7.67. The second-order valence-corrected chi connectivity index (χ2v) is 7.67. The standard InChI is InChI=1S/C20H28N2O5/c1-20(2,3)18(23)26-13-27-19(24)22-12-14(9-10-21(4)5)16-8-7-15(25-6)11-17(16)22/h7-8,11-12H,9-10,13H2,1-6H3. The molecule has 1 aromatic carbocycles. The number of ether oxygens (including phenoxy) is 3. The van der Waals surface area contributed by atoms with Gasteiger partial charge in [-0.2, -0.15) is 0 Å². The quantitative estimate of drug-likeness (QED) is 0.569. The number of nitrogens with zero attached hydrogens (tertiary/aromatic N) is 2. The van der Waals surface area contributed by atoms with Gasteiger partial charge in [0, 0.05) is 24.2 Å². The molecule has 0 atom stereocenters. The molecule has 0 aliphatic rings. The van der Waals surface area contributed by atoms with Crippen LogP contribution in [-0.4, -0.2) is 56.1 Å². The Balaban J connectivity index is 2.22. The zero-order chi connectivity index (χ0) is 20.2. The summed E-state index contributed by atoms with van der Waals surface area (Å²) in [5.41, 5.74) is 1.07. The number of esters is 1. The van der Waals surface area contributed by atoms with E-state index in [-0.39, 0.29) is 0 Å². The van der Waals surface area contributed by atoms with E-state index >= 15 is 0 Å². The van der Waals surface area contributed by atoms with Gasteiger partial charge in [-0.3, -0.25) is 9.36 Å². The topological polar surface area (TPSA) is 70.0 Å². The zero-order valence-corrected chi connectivity index (χ0v) is 16.9. The molecule has 0 radical (unpaired) electrons. The van der Waals surface area contributed by atoms with Crippen molar-refractivity contribution in [1.82, 2.24) is 9.47 Å². The normalized spacial score (nSPS) is 11.7. The van der Waals surface area contributed by atoms with Crippen LogP contribution >= 0.6 is 0 Å². The summed E-state index contributed by atoms with van der Waals surface area (Å²) in [6.45, 7) is 5.63. The lowest BCUT2D eigenvalue weighted by atomic mass is 9.98. The highest BCUT2D eigenvalue weighted by atomic mass is 16.7. The SMILES string of the molecule is COc1ccc2c(CCN(C)C)cn(C(=O)OCOC(=O)C(C)(C)C)c2c1. The molecular weight excluding hydrogens is 348 g/mol. The van der Waals surface area contributed by atoms with Crippen LogP contribution in [0.25, 0.3) is 10.9 Å². The van der Waals surface area contributed by atoms with Crippen molar-refractivity contribution in [3.8, 4) is 5.75 Å². The van der Waals surface area contributed by atoms with Gasteiger partial charge in [0.2, 0.25) is 6.79 Å². The van der Waals surface area contributed by atoms with E-state index < -0.39 is 24.3 Å². The lowest BCUT2D eigenvalue weighted by Gasteiger charge is -2.16. The summed E-state index contributed by atoms with van der Waals surface area (Å²) in [7, 11) is 5.58. The van der Waals surface area contributed by atoms with Gasteiger partial charge in [0.15, 0.2) is 0 Å². The van der Waals surface area contributed by atoms with Gasteiger partial charge in [0.25, 0.3) is 0 Å². The maximum absolute atomic E-state index is 12.5. The first-order chi connectivity index (χ1) is 12.6. The van der Waals surface area contributed by atoms with Crippen molar-refractivity contribution >= 4 is 23.0 Å². The van der Waals surface area contributed by atoms with E-state index in [1.807, 2.05) is 26.2 Å². The highest BCUT2D eigenvalue weighted by Crippen LogP contribution is 2.26. The van der Waals surface area contributed by atoms with Crippen LogP contribution in [0.4, 0.5) is 4.79 Å². The Morgan fingerprint density at radius 2 is 1.85 bits per heavy atom. The summed E-state index contributed by atoms with van der Waals surface area (Å²) < 4.78 is 16.9. The third-order valence-electron chi connectivity index (χ3n) is 4.11. The fourth-order valence-electron chi connectivity index (χ4n) is 2.52. The number of rotatable bonds is 6. The largest absolute Gasteiger partial charge is 0.497 e. The van der Waals surface area contributed by atoms with Gasteiger partial charge in [-0.1, -0.05) is 0 Å². The first-order valence-electron chi connectivity index (χ1n) is 8.80. The molecule has 0 aliphatic heterocycles. The lowest BCUT2D eigenvalue weighted by Crippen LogP contribution is -2.25. The molecule has 2 rings (SSSR count). The number of likely N-dealkylation sites (N-methyl/N-ethyl adjacent to an activating group) is 1. The number of methoxy groups -OCH3 is 1. The van der Waals surface area contributed by atoms with Gasteiger partial charge in [-0.15, -0.1) is 0 Å². The third-order valence-corrected chi connectivity index (χ3v) is 4.11. The van der Waals surface area contributed by atoms with E-state index in [0.717, 1.165) is 23.9 Å². The van der Waals surface area contributed by atoms with Crippen LogP contribution in [0.15, 0.2) is 24.4 Å². The van der Waals surface area contributed by atoms with Crippen molar-refractivity contribution in [2.24, 2.45) is 5.41 Å². The summed E-state index contributed by atoms with van der Waals surface area (Å²) in [6, 6.07) is 5.59. The highest BCUT2D eigenvalue weighted by molar-refractivity contribution is 5.92. The molecule has 2 aromatic rings.